The van der Waals surface area contributed by atoms with Gasteiger partial charge in [-0.1, -0.05) is 30.3 Å². The molecule has 0 aliphatic rings. The fourth-order valence-electron chi connectivity index (χ4n) is 1.50. The van der Waals surface area contributed by atoms with E-state index in [1.54, 1.807) is 6.26 Å². The van der Waals surface area contributed by atoms with Gasteiger partial charge in [0.15, 0.2) is 0 Å². The smallest absolute Gasteiger partial charge is 0.211 e. The van der Waals surface area contributed by atoms with Gasteiger partial charge >= 0.3 is 0 Å². The van der Waals surface area contributed by atoms with Crippen molar-refractivity contribution in [2.75, 3.05) is 0 Å². The first-order valence-corrected chi connectivity index (χ1v) is 4.97. The number of nitrogens with two attached hydrogens (primary N) is 1. The first kappa shape index (κ1) is 9.93. The predicted molar refractivity (Wildman–Crippen MR) is 58.3 cm³/mol. The Bertz CT molecular complexity index is 422. The van der Waals surface area contributed by atoms with E-state index in [0.29, 0.717) is 5.89 Å². The Balaban J connectivity index is 2.07. The molecule has 0 amide bonds. The molecule has 0 aliphatic carbocycles. The number of oxazole rings is 1. The number of benzene rings is 1. The Kier molecular flexibility index (Phi) is 2.83. The molecule has 3 heteroatoms. The van der Waals surface area contributed by atoms with Gasteiger partial charge in [0.25, 0.3) is 0 Å². The Hall–Kier alpha value is -1.61. The van der Waals surface area contributed by atoms with Crippen molar-refractivity contribution in [3.63, 3.8) is 0 Å². The van der Waals surface area contributed by atoms with Gasteiger partial charge in [-0.15, -0.1) is 0 Å². The number of hydrogen-bond donors (Lipinski definition) is 1. The Labute approximate surface area is 88.9 Å². The molecular weight excluding hydrogens is 188 g/mol. The van der Waals surface area contributed by atoms with Gasteiger partial charge in [-0.3, -0.25) is 0 Å². The van der Waals surface area contributed by atoms with E-state index in [1.807, 2.05) is 25.1 Å². The minimum atomic E-state index is -0.166. The van der Waals surface area contributed by atoms with Crippen LogP contribution in [0.1, 0.15) is 23.2 Å². The molecule has 3 nitrogen and oxygen atoms in total. The number of aromatic nitrogens is 1. The standard InChI is InChI=1S/C12H14N2O/c1-9-8-15-12(14-9)11(13)7-10-5-3-2-4-6-10/h2-6,8,11H,7,13H2,1H3. The van der Waals surface area contributed by atoms with Crippen LogP contribution in [0.2, 0.25) is 0 Å². The molecule has 1 atom stereocenters. The summed E-state index contributed by atoms with van der Waals surface area (Å²) in [7, 11) is 0. The first-order chi connectivity index (χ1) is 7.25. The molecule has 2 rings (SSSR count). The van der Waals surface area contributed by atoms with Gasteiger partial charge in [0.05, 0.1) is 11.7 Å². The summed E-state index contributed by atoms with van der Waals surface area (Å²) in [5.41, 5.74) is 8.05. The van der Waals surface area contributed by atoms with Crippen LogP contribution in [0.15, 0.2) is 41.0 Å². The van der Waals surface area contributed by atoms with Gasteiger partial charge in [-0.25, -0.2) is 4.98 Å². The molecule has 0 bridgehead atoms. The van der Waals surface area contributed by atoms with E-state index in [4.69, 9.17) is 10.2 Å². The maximum Gasteiger partial charge on any atom is 0.211 e. The Morgan fingerprint density at radius 1 is 1.33 bits per heavy atom. The second-order valence-electron chi connectivity index (χ2n) is 3.62. The molecule has 0 saturated heterocycles. The minimum Gasteiger partial charge on any atom is -0.447 e. The lowest BCUT2D eigenvalue weighted by Gasteiger charge is -2.06. The lowest BCUT2D eigenvalue weighted by atomic mass is 10.1. The summed E-state index contributed by atoms with van der Waals surface area (Å²) in [6.07, 6.45) is 2.38. The highest BCUT2D eigenvalue weighted by Gasteiger charge is 2.12. The van der Waals surface area contributed by atoms with Gasteiger partial charge in [-0.2, -0.15) is 0 Å². The zero-order chi connectivity index (χ0) is 10.7. The topological polar surface area (TPSA) is 52.0 Å². The molecule has 0 saturated carbocycles. The van der Waals surface area contributed by atoms with E-state index in [1.165, 1.54) is 5.56 Å². The van der Waals surface area contributed by atoms with Crippen molar-refractivity contribution < 1.29 is 4.42 Å². The fourth-order valence-corrected chi connectivity index (χ4v) is 1.50. The normalized spacial score (nSPS) is 12.7. The molecule has 2 aromatic rings. The van der Waals surface area contributed by atoms with Crippen LogP contribution in [0, 0.1) is 6.92 Å². The summed E-state index contributed by atoms with van der Waals surface area (Å²) in [5, 5.41) is 0. The van der Waals surface area contributed by atoms with Crippen LogP contribution in [0.25, 0.3) is 0 Å². The SMILES string of the molecule is Cc1coc(C(N)Cc2ccccc2)n1. The van der Waals surface area contributed by atoms with Crippen LogP contribution < -0.4 is 5.73 Å². The largest absolute Gasteiger partial charge is 0.447 e. The van der Waals surface area contributed by atoms with Gasteiger partial charge in [-0.05, 0) is 18.9 Å². The third kappa shape index (κ3) is 2.44. The summed E-state index contributed by atoms with van der Waals surface area (Å²) in [4.78, 5) is 4.22. The fraction of sp³-hybridized carbons (Fsp3) is 0.250. The summed E-state index contributed by atoms with van der Waals surface area (Å²) >= 11 is 0. The van der Waals surface area contributed by atoms with E-state index in [0.717, 1.165) is 12.1 Å². The van der Waals surface area contributed by atoms with E-state index < -0.39 is 0 Å². The highest BCUT2D eigenvalue weighted by molar-refractivity contribution is 5.16. The van der Waals surface area contributed by atoms with Crippen molar-refractivity contribution in [2.45, 2.75) is 19.4 Å². The number of rotatable bonds is 3. The highest BCUT2D eigenvalue weighted by atomic mass is 16.3. The molecule has 78 valence electrons. The van der Waals surface area contributed by atoms with Crippen molar-refractivity contribution in [1.29, 1.82) is 0 Å². The van der Waals surface area contributed by atoms with Gasteiger partial charge in [0.2, 0.25) is 5.89 Å². The monoisotopic (exact) mass is 202 g/mol. The molecule has 2 N–H and O–H groups in total. The van der Waals surface area contributed by atoms with Gasteiger partial charge in [0, 0.05) is 0 Å². The Morgan fingerprint density at radius 3 is 2.67 bits per heavy atom. The van der Waals surface area contributed by atoms with Crippen LogP contribution in [0.4, 0.5) is 0 Å². The predicted octanol–water partition coefficient (Wildman–Crippen LogP) is 2.23. The van der Waals surface area contributed by atoms with Crippen LogP contribution in [-0.4, -0.2) is 4.98 Å². The zero-order valence-corrected chi connectivity index (χ0v) is 8.68. The Morgan fingerprint density at radius 2 is 2.07 bits per heavy atom. The summed E-state index contributed by atoms with van der Waals surface area (Å²) < 4.78 is 5.26. The number of nitrogens with zero attached hydrogens (tertiary/aromatic N) is 1. The van der Waals surface area contributed by atoms with Crippen LogP contribution in [0.5, 0.6) is 0 Å². The van der Waals surface area contributed by atoms with Gasteiger partial charge < -0.3 is 10.2 Å². The zero-order valence-electron chi connectivity index (χ0n) is 8.68. The molecule has 0 radical (unpaired) electrons. The van der Waals surface area contributed by atoms with Crippen molar-refractivity contribution in [3.05, 3.63) is 53.7 Å². The molecule has 1 aromatic heterocycles. The van der Waals surface area contributed by atoms with Crippen LogP contribution >= 0.6 is 0 Å². The maximum absolute atomic E-state index is 5.98. The maximum atomic E-state index is 5.98. The second kappa shape index (κ2) is 4.28. The molecule has 0 fully saturated rings. The lowest BCUT2D eigenvalue weighted by molar-refractivity contribution is 0.448. The van der Waals surface area contributed by atoms with Crippen LogP contribution in [0.3, 0.4) is 0 Å². The second-order valence-corrected chi connectivity index (χ2v) is 3.62. The molecule has 0 spiro atoms. The summed E-state index contributed by atoms with van der Waals surface area (Å²) in [6, 6.07) is 9.93. The first-order valence-electron chi connectivity index (χ1n) is 4.97. The van der Waals surface area contributed by atoms with Gasteiger partial charge in [0.1, 0.15) is 6.26 Å². The molecule has 15 heavy (non-hydrogen) atoms. The van der Waals surface area contributed by atoms with E-state index in [2.05, 4.69) is 17.1 Å². The highest BCUT2D eigenvalue weighted by Crippen LogP contribution is 2.15. The number of aryl methyl sites for hydroxylation is 1. The lowest BCUT2D eigenvalue weighted by Crippen LogP contribution is -2.13. The third-order valence-electron chi connectivity index (χ3n) is 2.25. The quantitative estimate of drug-likeness (QED) is 0.830. The van der Waals surface area contributed by atoms with Crippen molar-refractivity contribution in [1.82, 2.24) is 4.98 Å². The van der Waals surface area contributed by atoms with Crippen molar-refractivity contribution in [2.24, 2.45) is 5.73 Å². The van der Waals surface area contributed by atoms with E-state index >= 15 is 0 Å². The van der Waals surface area contributed by atoms with E-state index in [-0.39, 0.29) is 6.04 Å². The number of hydrogen-bond acceptors (Lipinski definition) is 3. The molecule has 1 unspecified atom stereocenters. The summed E-state index contributed by atoms with van der Waals surface area (Å²) in [5.74, 6) is 0.608. The molecule has 1 heterocycles. The molecule has 0 aliphatic heterocycles. The minimum absolute atomic E-state index is 0.166. The average molecular weight is 202 g/mol. The average Bonchev–Trinajstić information content (AvgIpc) is 2.66. The van der Waals surface area contributed by atoms with Crippen molar-refractivity contribution >= 4 is 0 Å². The molecule has 1 aromatic carbocycles. The van der Waals surface area contributed by atoms with Crippen molar-refractivity contribution in [3.8, 4) is 0 Å². The third-order valence-corrected chi connectivity index (χ3v) is 2.25. The van der Waals surface area contributed by atoms with E-state index in [9.17, 15) is 0 Å². The summed E-state index contributed by atoms with van der Waals surface area (Å²) in [6.45, 7) is 1.89. The molecular formula is C12H14N2O. The van der Waals surface area contributed by atoms with Crippen LogP contribution in [-0.2, 0) is 6.42 Å².